The Kier molecular flexibility index (Phi) is 5.64. The molecular formula is C19H24O3. The Morgan fingerprint density at radius 2 is 1.59 bits per heavy atom. The zero-order chi connectivity index (χ0) is 16.1. The molecule has 0 heterocycles. The summed E-state index contributed by atoms with van der Waals surface area (Å²) in [7, 11) is 0. The zero-order valence-electron chi connectivity index (χ0n) is 13.4. The van der Waals surface area contributed by atoms with E-state index < -0.39 is 5.92 Å². The third-order valence-electron chi connectivity index (χ3n) is 4.35. The van der Waals surface area contributed by atoms with Crippen molar-refractivity contribution in [3.63, 3.8) is 0 Å². The van der Waals surface area contributed by atoms with Crippen molar-refractivity contribution in [3.05, 3.63) is 35.4 Å². The summed E-state index contributed by atoms with van der Waals surface area (Å²) in [6, 6.07) is 8.18. The largest absolute Gasteiger partial charge is 0.298 e. The minimum atomic E-state index is -0.990. The van der Waals surface area contributed by atoms with Crippen LogP contribution in [0.2, 0.25) is 0 Å². The van der Waals surface area contributed by atoms with Gasteiger partial charge in [-0.1, -0.05) is 44.5 Å². The predicted octanol–water partition coefficient (Wildman–Crippen LogP) is 3.64. The molecule has 3 nitrogen and oxygen atoms in total. The maximum Gasteiger partial charge on any atom is 0.151 e. The van der Waals surface area contributed by atoms with E-state index in [0.29, 0.717) is 25.7 Å². The van der Waals surface area contributed by atoms with E-state index in [2.05, 4.69) is 19.1 Å². The third kappa shape index (κ3) is 3.70. The van der Waals surface area contributed by atoms with E-state index in [9.17, 15) is 14.4 Å². The van der Waals surface area contributed by atoms with Crippen molar-refractivity contribution in [2.45, 2.75) is 58.3 Å². The van der Waals surface area contributed by atoms with Crippen LogP contribution in [0, 0.1) is 5.92 Å². The van der Waals surface area contributed by atoms with E-state index in [1.165, 1.54) is 5.56 Å². The number of ketones is 3. The molecule has 1 aliphatic rings. The molecule has 22 heavy (non-hydrogen) atoms. The summed E-state index contributed by atoms with van der Waals surface area (Å²) < 4.78 is 0. The molecule has 3 heteroatoms. The summed E-state index contributed by atoms with van der Waals surface area (Å²) in [6.45, 7) is 4.02. The minimum Gasteiger partial charge on any atom is -0.298 e. The number of rotatable bonds is 6. The van der Waals surface area contributed by atoms with Crippen molar-refractivity contribution in [2.24, 2.45) is 5.92 Å². The number of benzene rings is 1. The van der Waals surface area contributed by atoms with E-state index in [1.807, 2.05) is 19.1 Å². The van der Waals surface area contributed by atoms with Crippen LogP contribution in [0.3, 0.4) is 0 Å². The van der Waals surface area contributed by atoms with Crippen molar-refractivity contribution < 1.29 is 14.4 Å². The van der Waals surface area contributed by atoms with Gasteiger partial charge in [-0.25, -0.2) is 0 Å². The predicted molar refractivity (Wildman–Crippen MR) is 85.8 cm³/mol. The molecule has 1 saturated carbocycles. The highest BCUT2D eigenvalue weighted by atomic mass is 16.2. The number of aryl methyl sites for hydroxylation is 1. The van der Waals surface area contributed by atoms with Gasteiger partial charge in [-0.2, -0.15) is 0 Å². The fraction of sp³-hybridized carbons (Fsp3) is 0.526. The van der Waals surface area contributed by atoms with Crippen LogP contribution in [0.25, 0.3) is 0 Å². The normalized spacial score (nSPS) is 21.9. The smallest absolute Gasteiger partial charge is 0.151 e. The van der Waals surface area contributed by atoms with E-state index >= 15 is 0 Å². The Bertz CT molecular complexity index is 539. The zero-order valence-corrected chi connectivity index (χ0v) is 13.4. The number of hydrogen-bond donors (Lipinski definition) is 0. The van der Waals surface area contributed by atoms with Gasteiger partial charge < -0.3 is 0 Å². The molecule has 1 aromatic rings. The van der Waals surface area contributed by atoms with Gasteiger partial charge in [0.05, 0.1) is 0 Å². The lowest BCUT2D eigenvalue weighted by Crippen LogP contribution is -2.38. The van der Waals surface area contributed by atoms with Crippen molar-refractivity contribution in [3.8, 4) is 0 Å². The molecule has 0 N–H and O–H groups in total. The lowest BCUT2D eigenvalue weighted by atomic mass is 9.74. The number of Topliss-reactive ketones (excluding diaryl/α,β-unsaturated/α-hetero) is 3. The first-order valence-electron chi connectivity index (χ1n) is 8.23. The summed E-state index contributed by atoms with van der Waals surface area (Å²) >= 11 is 0. The molecule has 0 unspecified atom stereocenters. The SMILES string of the molecule is CCCC(=O)C1C(=O)CC(c2ccc(CCC)cc2)CC1=O. The molecule has 1 aliphatic carbocycles. The van der Waals surface area contributed by atoms with Crippen LogP contribution in [0.5, 0.6) is 0 Å². The average Bonchev–Trinajstić information content (AvgIpc) is 2.48. The number of carbonyl (C=O) groups excluding carboxylic acids is 3. The molecule has 0 spiro atoms. The minimum absolute atomic E-state index is 0.0682. The second-order valence-corrected chi connectivity index (χ2v) is 6.18. The van der Waals surface area contributed by atoms with Crippen LogP contribution < -0.4 is 0 Å². The maximum atomic E-state index is 12.2. The summed E-state index contributed by atoms with van der Waals surface area (Å²) in [6.07, 6.45) is 3.74. The third-order valence-corrected chi connectivity index (χ3v) is 4.35. The molecule has 0 aliphatic heterocycles. The molecule has 0 saturated heterocycles. The van der Waals surface area contributed by atoms with Crippen LogP contribution in [0.4, 0.5) is 0 Å². The number of carbonyl (C=O) groups is 3. The molecule has 1 aromatic carbocycles. The summed E-state index contributed by atoms with van der Waals surface area (Å²) in [4.78, 5) is 36.4. The van der Waals surface area contributed by atoms with Crippen molar-refractivity contribution in [1.82, 2.24) is 0 Å². The Labute approximate surface area is 132 Å². The van der Waals surface area contributed by atoms with Crippen LogP contribution in [-0.2, 0) is 20.8 Å². The van der Waals surface area contributed by atoms with Crippen molar-refractivity contribution in [2.75, 3.05) is 0 Å². The van der Waals surface area contributed by atoms with E-state index in [-0.39, 0.29) is 23.3 Å². The van der Waals surface area contributed by atoms with E-state index in [4.69, 9.17) is 0 Å². The van der Waals surface area contributed by atoms with Gasteiger partial charge in [-0.3, -0.25) is 14.4 Å². The molecule has 2 rings (SSSR count). The molecule has 0 amide bonds. The highest BCUT2D eigenvalue weighted by Crippen LogP contribution is 2.32. The highest BCUT2D eigenvalue weighted by molar-refractivity contribution is 6.20. The highest BCUT2D eigenvalue weighted by Gasteiger charge is 2.39. The van der Waals surface area contributed by atoms with Crippen LogP contribution in [0.1, 0.15) is 63.0 Å². The fourth-order valence-electron chi connectivity index (χ4n) is 3.20. The first kappa shape index (κ1) is 16.6. The Morgan fingerprint density at radius 1 is 1.00 bits per heavy atom. The summed E-state index contributed by atoms with van der Waals surface area (Å²) in [5, 5.41) is 0. The summed E-state index contributed by atoms with van der Waals surface area (Å²) in [5.74, 6) is -1.65. The van der Waals surface area contributed by atoms with Gasteiger partial charge in [-0.05, 0) is 29.9 Å². The lowest BCUT2D eigenvalue weighted by molar-refractivity contribution is -0.142. The van der Waals surface area contributed by atoms with Crippen LogP contribution >= 0.6 is 0 Å². The molecular weight excluding hydrogens is 276 g/mol. The van der Waals surface area contributed by atoms with Gasteiger partial charge in [0, 0.05) is 19.3 Å². The molecule has 118 valence electrons. The van der Waals surface area contributed by atoms with E-state index in [1.54, 1.807) is 0 Å². The quantitative estimate of drug-likeness (QED) is 0.754. The first-order chi connectivity index (χ1) is 10.6. The van der Waals surface area contributed by atoms with Crippen molar-refractivity contribution in [1.29, 1.82) is 0 Å². The maximum absolute atomic E-state index is 12.2. The summed E-state index contributed by atoms with van der Waals surface area (Å²) in [5.41, 5.74) is 2.30. The molecule has 0 radical (unpaired) electrons. The van der Waals surface area contributed by atoms with Crippen LogP contribution in [0.15, 0.2) is 24.3 Å². The molecule has 1 fully saturated rings. The van der Waals surface area contributed by atoms with Gasteiger partial charge in [0.1, 0.15) is 5.92 Å². The molecule has 0 atom stereocenters. The van der Waals surface area contributed by atoms with Gasteiger partial charge in [0.15, 0.2) is 17.3 Å². The van der Waals surface area contributed by atoms with Gasteiger partial charge >= 0.3 is 0 Å². The van der Waals surface area contributed by atoms with E-state index in [0.717, 1.165) is 18.4 Å². The monoisotopic (exact) mass is 300 g/mol. The first-order valence-corrected chi connectivity index (χ1v) is 8.23. The van der Waals surface area contributed by atoms with Gasteiger partial charge in [0.25, 0.3) is 0 Å². The Morgan fingerprint density at radius 3 is 2.09 bits per heavy atom. The molecule has 0 aromatic heterocycles. The van der Waals surface area contributed by atoms with Crippen molar-refractivity contribution >= 4 is 17.3 Å². The topological polar surface area (TPSA) is 51.2 Å². The number of hydrogen-bond acceptors (Lipinski definition) is 3. The Hall–Kier alpha value is -1.77. The van der Waals surface area contributed by atoms with Crippen LogP contribution in [-0.4, -0.2) is 17.3 Å². The average molecular weight is 300 g/mol. The van der Waals surface area contributed by atoms with Gasteiger partial charge in [-0.15, -0.1) is 0 Å². The lowest BCUT2D eigenvalue weighted by Gasteiger charge is -2.26. The standard InChI is InChI=1S/C19H24O3/c1-3-5-13-7-9-14(10-8-13)15-11-17(21)19(18(22)12-15)16(20)6-4-2/h7-10,15,19H,3-6,11-12H2,1-2H3. The fourth-order valence-corrected chi connectivity index (χ4v) is 3.20. The second kappa shape index (κ2) is 7.48. The Balaban J connectivity index is 2.09. The second-order valence-electron chi connectivity index (χ2n) is 6.18. The molecule has 0 bridgehead atoms. The van der Waals surface area contributed by atoms with Gasteiger partial charge in [0.2, 0.25) is 0 Å².